The fourth-order valence-corrected chi connectivity index (χ4v) is 5.27. The Labute approximate surface area is 208 Å². The van der Waals surface area contributed by atoms with E-state index in [0.29, 0.717) is 11.1 Å². The minimum atomic E-state index is -0.725. The van der Waals surface area contributed by atoms with E-state index in [4.69, 9.17) is 10.5 Å². The molecule has 1 aromatic heterocycles. The quantitative estimate of drug-likeness (QED) is 0.493. The third-order valence-electron chi connectivity index (χ3n) is 6.53. The van der Waals surface area contributed by atoms with Crippen LogP contribution in [-0.4, -0.2) is 35.7 Å². The summed E-state index contributed by atoms with van der Waals surface area (Å²) in [6, 6.07) is 6.02. The molecule has 184 valence electrons. The normalized spacial score (nSPS) is 17.8. The molecule has 1 fully saturated rings. The lowest BCUT2D eigenvalue weighted by Crippen LogP contribution is -2.41. The van der Waals surface area contributed by atoms with Gasteiger partial charge in [-0.15, -0.1) is 0 Å². The number of hydrogen-bond acceptors (Lipinski definition) is 5. The van der Waals surface area contributed by atoms with E-state index in [1.54, 1.807) is 0 Å². The number of rotatable bonds is 7. The Morgan fingerprint density at radius 2 is 1.85 bits per heavy atom. The van der Waals surface area contributed by atoms with Gasteiger partial charge in [0.2, 0.25) is 0 Å². The van der Waals surface area contributed by atoms with Crippen molar-refractivity contribution in [2.45, 2.75) is 72.1 Å². The molecule has 0 atom stereocenters. The molecule has 0 aliphatic heterocycles. The first-order chi connectivity index (χ1) is 16.1. The van der Waals surface area contributed by atoms with Crippen LogP contribution in [0, 0.1) is 20.8 Å². The molecule has 34 heavy (non-hydrogen) atoms. The standard InChI is InChI=1S/C25H33BrN4O4/c1-5-30(18-6-8-19(9-7-18)34-25(27)33)22-12-17(26)11-20(16(22)4)23(31)28-13-21-14(2)10-15(3)29-24(21)32/h10-12,18-19H,5-9,13H2,1-4H3,(H2,27,33)(H,28,31)(H,29,32). The molecule has 0 saturated heterocycles. The monoisotopic (exact) mass is 532 g/mol. The summed E-state index contributed by atoms with van der Waals surface area (Å²) in [7, 11) is 0. The number of carbonyl (C=O) groups is 2. The Balaban J connectivity index is 1.79. The molecule has 1 aromatic carbocycles. The fraction of sp³-hybridized carbons (Fsp3) is 0.480. The number of primary amides is 1. The molecule has 1 aliphatic rings. The maximum absolute atomic E-state index is 13.1. The molecule has 3 rings (SSSR count). The lowest BCUT2D eigenvalue weighted by Gasteiger charge is -2.38. The molecular formula is C25H33BrN4O4. The Morgan fingerprint density at radius 3 is 2.44 bits per heavy atom. The fourth-order valence-electron chi connectivity index (χ4n) is 4.83. The molecule has 0 unspecified atom stereocenters. The third kappa shape index (κ3) is 6.00. The Kier molecular flexibility index (Phi) is 8.41. The van der Waals surface area contributed by atoms with Gasteiger partial charge < -0.3 is 25.7 Å². The summed E-state index contributed by atoms with van der Waals surface area (Å²) in [6.45, 7) is 8.68. The molecular weight excluding hydrogens is 500 g/mol. The van der Waals surface area contributed by atoms with Gasteiger partial charge >= 0.3 is 6.09 Å². The van der Waals surface area contributed by atoms with Crippen molar-refractivity contribution < 1.29 is 14.3 Å². The summed E-state index contributed by atoms with van der Waals surface area (Å²) in [6.07, 6.45) is 2.40. The van der Waals surface area contributed by atoms with Crippen molar-refractivity contribution in [3.05, 3.63) is 61.0 Å². The molecule has 0 radical (unpaired) electrons. The van der Waals surface area contributed by atoms with E-state index in [9.17, 15) is 14.4 Å². The zero-order chi connectivity index (χ0) is 25.0. The molecule has 1 heterocycles. The van der Waals surface area contributed by atoms with Gasteiger partial charge in [-0.25, -0.2) is 4.79 Å². The van der Waals surface area contributed by atoms with Crippen LogP contribution in [-0.2, 0) is 11.3 Å². The number of pyridine rings is 1. The van der Waals surface area contributed by atoms with Gasteiger partial charge in [-0.05, 0) is 82.7 Å². The topological polar surface area (TPSA) is 118 Å². The minimum absolute atomic E-state index is 0.134. The number of ether oxygens (including phenoxy) is 1. The summed E-state index contributed by atoms with van der Waals surface area (Å²) in [5.74, 6) is -0.228. The molecule has 0 spiro atoms. The number of nitrogens with two attached hydrogens (primary N) is 1. The molecule has 2 aromatic rings. The lowest BCUT2D eigenvalue weighted by atomic mass is 9.90. The Hall–Kier alpha value is -2.81. The minimum Gasteiger partial charge on any atom is -0.446 e. The van der Waals surface area contributed by atoms with Crippen LogP contribution >= 0.6 is 15.9 Å². The number of hydrogen-bond donors (Lipinski definition) is 3. The SMILES string of the molecule is CCN(c1cc(Br)cc(C(=O)NCc2c(C)cc(C)[nH]c2=O)c1C)C1CCC(OC(N)=O)CC1. The number of anilines is 1. The van der Waals surface area contributed by atoms with Crippen molar-refractivity contribution in [2.75, 3.05) is 11.4 Å². The van der Waals surface area contributed by atoms with Crippen molar-refractivity contribution in [1.82, 2.24) is 10.3 Å². The van der Waals surface area contributed by atoms with Crippen LogP contribution in [0.1, 0.15) is 65.3 Å². The van der Waals surface area contributed by atoms with E-state index in [1.165, 1.54) is 0 Å². The number of aromatic amines is 1. The van der Waals surface area contributed by atoms with Crippen molar-refractivity contribution >= 4 is 33.6 Å². The number of aryl methyl sites for hydroxylation is 2. The number of aromatic nitrogens is 1. The smallest absolute Gasteiger partial charge is 0.404 e. The van der Waals surface area contributed by atoms with E-state index >= 15 is 0 Å². The predicted molar refractivity (Wildman–Crippen MR) is 136 cm³/mol. The summed E-state index contributed by atoms with van der Waals surface area (Å²) in [5, 5.41) is 2.91. The molecule has 9 heteroatoms. The number of benzene rings is 1. The van der Waals surface area contributed by atoms with Gasteiger partial charge in [0.05, 0.1) is 0 Å². The highest BCUT2D eigenvalue weighted by molar-refractivity contribution is 9.10. The van der Waals surface area contributed by atoms with E-state index in [-0.39, 0.29) is 30.2 Å². The van der Waals surface area contributed by atoms with Crippen LogP contribution in [0.5, 0.6) is 0 Å². The zero-order valence-electron chi connectivity index (χ0n) is 20.2. The second kappa shape index (κ2) is 11.1. The van der Waals surface area contributed by atoms with Gasteiger partial charge in [-0.3, -0.25) is 9.59 Å². The van der Waals surface area contributed by atoms with Gasteiger partial charge in [0.15, 0.2) is 0 Å². The molecule has 1 aliphatic carbocycles. The summed E-state index contributed by atoms with van der Waals surface area (Å²) in [4.78, 5) is 41.6. The van der Waals surface area contributed by atoms with Crippen LogP contribution < -0.4 is 21.5 Å². The second-order valence-electron chi connectivity index (χ2n) is 8.88. The molecule has 1 saturated carbocycles. The van der Waals surface area contributed by atoms with Gasteiger partial charge in [0.1, 0.15) is 6.10 Å². The van der Waals surface area contributed by atoms with Gasteiger partial charge in [0.25, 0.3) is 11.5 Å². The summed E-state index contributed by atoms with van der Waals surface area (Å²) >= 11 is 3.57. The largest absolute Gasteiger partial charge is 0.446 e. The Morgan fingerprint density at radius 1 is 1.18 bits per heavy atom. The van der Waals surface area contributed by atoms with Crippen molar-refractivity contribution in [3.8, 4) is 0 Å². The van der Waals surface area contributed by atoms with Gasteiger partial charge in [-0.1, -0.05) is 15.9 Å². The van der Waals surface area contributed by atoms with Crippen LogP contribution in [0.4, 0.5) is 10.5 Å². The van der Waals surface area contributed by atoms with Crippen LogP contribution in [0.3, 0.4) is 0 Å². The maximum atomic E-state index is 13.1. The number of carbonyl (C=O) groups excluding carboxylic acids is 2. The first kappa shape index (κ1) is 25.8. The van der Waals surface area contributed by atoms with E-state index < -0.39 is 6.09 Å². The van der Waals surface area contributed by atoms with E-state index in [0.717, 1.165) is 59.2 Å². The van der Waals surface area contributed by atoms with Crippen LogP contribution in [0.15, 0.2) is 27.5 Å². The number of halogens is 1. The van der Waals surface area contributed by atoms with E-state index in [2.05, 4.69) is 38.1 Å². The highest BCUT2D eigenvalue weighted by Gasteiger charge is 2.28. The predicted octanol–water partition coefficient (Wildman–Crippen LogP) is 4.23. The number of nitrogens with zero attached hydrogens (tertiary/aromatic N) is 1. The first-order valence-corrected chi connectivity index (χ1v) is 12.4. The average molecular weight is 533 g/mol. The lowest BCUT2D eigenvalue weighted by molar-refractivity contribution is 0.0784. The third-order valence-corrected chi connectivity index (χ3v) is 6.98. The molecule has 2 amide bonds. The molecule has 8 nitrogen and oxygen atoms in total. The van der Waals surface area contributed by atoms with Crippen molar-refractivity contribution in [1.29, 1.82) is 0 Å². The Bertz CT molecular complexity index is 1120. The zero-order valence-corrected chi connectivity index (χ0v) is 21.8. The van der Waals surface area contributed by atoms with E-state index in [1.807, 2.05) is 39.0 Å². The number of nitrogens with one attached hydrogen (secondary N) is 2. The average Bonchev–Trinajstić information content (AvgIpc) is 2.76. The molecule has 0 bridgehead atoms. The maximum Gasteiger partial charge on any atom is 0.404 e. The second-order valence-corrected chi connectivity index (χ2v) is 9.79. The highest BCUT2D eigenvalue weighted by Crippen LogP contribution is 2.34. The summed E-state index contributed by atoms with van der Waals surface area (Å²) < 4.78 is 5.99. The van der Waals surface area contributed by atoms with Crippen molar-refractivity contribution in [3.63, 3.8) is 0 Å². The highest BCUT2D eigenvalue weighted by atomic mass is 79.9. The number of amides is 2. The van der Waals surface area contributed by atoms with Crippen LogP contribution in [0.2, 0.25) is 0 Å². The van der Waals surface area contributed by atoms with Crippen molar-refractivity contribution in [2.24, 2.45) is 5.73 Å². The van der Waals surface area contributed by atoms with Gasteiger partial charge in [0, 0.05) is 46.1 Å². The molecule has 4 N–H and O–H groups in total. The summed E-state index contributed by atoms with van der Waals surface area (Å²) in [5.41, 5.74) is 9.62. The van der Waals surface area contributed by atoms with Crippen LogP contribution in [0.25, 0.3) is 0 Å². The first-order valence-electron chi connectivity index (χ1n) is 11.6. The number of H-pyrrole nitrogens is 1. The van der Waals surface area contributed by atoms with Gasteiger partial charge in [-0.2, -0.15) is 0 Å².